The van der Waals surface area contributed by atoms with Crippen LogP contribution in [0.1, 0.15) is 64.9 Å². The van der Waals surface area contributed by atoms with Crippen LogP contribution in [0, 0.1) is 0 Å². The third-order valence-corrected chi connectivity index (χ3v) is 6.28. The van der Waals surface area contributed by atoms with Crippen molar-refractivity contribution in [2.45, 2.75) is 76.8 Å². The Morgan fingerprint density at radius 1 is 1.07 bits per heavy atom. The van der Waals surface area contributed by atoms with Crippen LogP contribution in [-0.4, -0.2) is 54.5 Å². The summed E-state index contributed by atoms with van der Waals surface area (Å²) in [4.78, 5) is 17.4. The molecule has 150 valence electrons. The first-order valence-electron chi connectivity index (χ1n) is 10.6. The molecule has 1 amide bonds. The predicted octanol–water partition coefficient (Wildman–Crippen LogP) is 4.23. The average Bonchev–Trinajstić information content (AvgIpc) is 3.20. The van der Waals surface area contributed by atoms with Crippen molar-refractivity contribution in [3.8, 4) is 5.75 Å². The van der Waals surface area contributed by atoms with Crippen molar-refractivity contribution in [3.05, 3.63) is 29.8 Å². The topological polar surface area (TPSA) is 32.8 Å². The van der Waals surface area contributed by atoms with Gasteiger partial charge in [-0.15, -0.1) is 0 Å². The van der Waals surface area contributed by atoms with Crippen LogP contribution in [0.3, 0.4) is 0 Å². The number of hydrogen-bond acceptors (Lipinski definition) is 3. The van der Waals surface area contributed by atoms with Crippen molar-refractivity contribution in [2.75, 3.05) is 26.7 Å². The Morgan fingerprint density at radius 2 is 1.70 bits per heavy atom. The Bertz CT molecular complexity index is 614. The fourth-order valence-corrected chi connectivity index (χ4v) is 4.53. The van der Waals surface area contributed by atoms with Crippen molar-refractivity contribution in [2.24, 2.45) is 0 Å². The van der Waals surface area contributed by atoms with E-state index >= 15 is 0 Å². The minimum Gasteiger partial charge on any atom is -0.484 e. The summed E-state index contributed by atoms with van der Waals surface area (Å²) in [5.41, 5.74) is 1.40. The Balaban J connectivity index is 1.56. The number of carbonyl (C=O) groups excluding carboxylic acids is 1. The normalized spacial score (nSPS) is 24.0. The molecule has 27 heavy (non-hydrogen) atoms. The van der Waals surface area contributed by atoms with Gasteiger partial charge in [-0.05, 0) is 61.9 Å². The zero-order valence-electron chi connectivity index (χ0n) is 17.5. The van der Waals surface area contributed by atoms with Gasteiger partial charge in [-0.25, -0.2) is 0 Å². The Labute approximate surface area is 164 Å². The number of carbonyl (C=O) groups is 1. The van der Waals surface area contributed by atoms with Gasteiger partial charge >= 0.3 is 0 Å². The second-order valence-electron chi connectivity index (χ2n) is 9.23. The van der Waals surface area contributed by atoms with Crippen LogP contribution in [0.2, 0.25) is 0 Å². The van der Waals surface area contributed by atoms with Gasteiger partial charge in [0.25, 0.3) is 5.91 Å². The zero-order chi connectivity index (χ0) is 19.4. The van der Waals surface area contributed by atoms with E-state index in [1.165, 1.54) is 50.8 Å². The molecule has 2 fully saturated rings. The van der Waals surface area contributed by atoms with Gasteiger partial charge in [-0.3, -0.25) is 9.69 Å². The number of likely N-dealkylation sites (tertiary alicyclic amines) is 1. The number of ether oxygens (including phenoxy) is 1. The number of hydrogen-bond donors (Lipinski definition) is 0. The van der Waals surface area contributed by atoms with Gasteiger partial charge in [-0.2, -0.15) is 0 Å². The average molecular weight is 373 g/mol. The molecule has 1 heterocycles. The van der Waals surface area contributed by atoms with Crippen molar-refractivity contribution in [1.29, 1.82) is 0 Å². The molecular formula is C23H36N2O2. The summed E-state index contributed by atoms with van der Waals surface area (Å²) in [6.45, 7) is 9.10. The van der Waals surface area contributed by atoms with Crippen LogP contribution < -0.4 is 4.74 Å². The summed E-state index contributed by atoms with van der Waals surface area (Å²) in [6, 6.07) is 8.99. The van der Waals surface area contributed by atoms with Gasteiger partial charge in [0.05, 0.1) is 0 Å². The van der Waals surface area contributed by atoms with Gasteiger partial charge in [0.1, 0.15) is 5.75 Å². The van der Waals surface area contributed by atoms with E-state index in [1.54, 1.807) is 0 Å². The molecule has 1 saturated heterocycles. The van der Waals surface area contributed by atoms with Gasteiger partial charge < -0.3 is 9.64 Å². The number of likely N-dealkylation sites (N-methyl/N-ethyl adjacent to an activating group) is 1. The van der Waals surface area contributed by atoms with Crippen molar-refractivity contribution in [3.63, 3.8) is 0 Å². The quantitative estimate of drug-likeness (QED) is 0.775. The van der Waals surface area contributed by atoms with E-state index in [9.17, 15) is 4.79 Å². The van der Waals surface area contributed by atoms with Crippen molar-refractivity contribution in [1.82, 2.24) is 9.80 Å². The molecule has 0 radical (unpaired) electrons. The lowest BCUT2D eigenvalue weighted by atomic mass is 9.87. The third-order valence-electron chi connectivity index (χ3n) is 6.28. The second kappa shape index (κ2) is 8.64. The van der Waals surface area contributed by atoms with Crippen LogP contribution in [0.15, 0.2) is 24.3 Å². The highest BCUT2D eigenvalue weighted by Gasteiger charge is 2.35. The molecule has 4 nitrogen and oxygen atoms in total. The van der Waals surface area contributed by atoms with Crippen molar-refractivity contribution >= 4 is 5.91 Å². The monoisotopic (exact) mass is 372 g/mol. The van der Waals surface area contributed by atoms with Crippen LogP contribution in [-0.2, 0) is 10.2 Å². The van der Waals surface area contributed by atoms with E-state index in [0.29, 0.717) is 12.1 Å². The number of rotatable bonds is 5. The van der Waals surface area contributed by atoms with E-state index in [2.05, 4.69) is 37.8 Å². The standard InChI is InChI=1S/C23H36N2O2/c1-23(2,3)18-11-13-19(14-12-18)27-17-22(26)24(4)20-9-5-6-10-21(20)25-15-7-8-16-25/h11-14,20-21H,5-10,15-17H2,1-4H3. The van der Waals surface area contributed by atoms with Crippen LogP contribution in [0.5, 0.6) is 5.75 Å². The minimum atomic E-state index is 0.0889. The molecule has 0 bridgehead atoms. The number of benzene rings is 1. The van der Waals surface area contributed by atoms with Gasteiger partial charge in [0.2, 0.25) is 0 Å². The molecule has 2 aliphatic rings. The minimum absolute atomic E-state index is 0.0889. The maximum atomic E-state index is 12.8. The molecule has 2 atom stereocenters. The van der Waals surface area contributed by atoms with E-state index < -0.39 is 0 Å². The van der Waals surface area contributed by atoms with Gasteiger partial charge in [0, 0.05) is 19.1 Å². The first kappa shape index (κ1) is 20.2. The molecule has 1 aliphatic heterocycles. The largest absolute Gasteiger partial charge is 0.484 e. The fraction of sp³-hybridized carbons (Fsp3) is 0.696. The zero-order valence-corrected chi connectivity index (χ0v) is 17.5. The molecule has 0 aromatic heterocycles. The SMILES string of the molecule is CN(C(=O)COc1ccc(C(C)(C)C)cc1)C1CCCCC1N1CCCC1. The first-order chi connectivity index (χ1) is 12.9. The second-order valence-corrected chi connectivity index (χ2v) is 9.23. The molecule has 2 unspecified atom stereocenters. The molecule has 3 rings (SSSR count). The molecule has 4 heteroatoms. The summed E-state index contributed by atoms with van der Waals surface area (Å²) in [5, 5.41) is 0. The van der Waals surface area contributed by atoms with E-state index in [1.807, 2.05) is 24.1 Å². The number of amides is 1. The summed E-state index contributed by atoms with van der Waals surface area (Å²) in [6.07, 6.45) is 7.45. The lowest BCUT2D eigenvalue weighted by molar-refractivity contribution is -0.136. The van der Waals surface area contributed by atoms with Gasteiger partial charge in [-0.1, -0.05) is 45.7 Å². The van der Waals surface area contributed by atoms with Gasteiger partial charge in [0.15, 0.2) is 6.61 Å². The highest BCUT2D eigenvalue weighted by atomic mass is 16.5. The highest BCUT2D eigenvalue weighted by molar-refractivity contribution is 5.78. The van der Waals surface area contributed by atoms with E-state index in [-0.39, 0.29) is 17.9 Å². The lowest BCUT2D eigenvalue weighted by Gasteiger charge is -2.42. The molecular weight excluding hydrogens is 336 g/mol. The summed E-state index contributed by atoms with van der Waals surface area (Å²) in [7, 11) is 1.97. The van der Waals surface area contributed by atoms with E-state index in [4.69, 9.17) is 4.74 Å². The predicted molar refractivity (Wildman–Crippen MR) is 110 cm³/mol. The number of nitrogens with zero attached hydrogens (tertiary/aromatic N) is 2. The molecule has 1 saturated carbocycles. The van der Waals surface area contributed by atoms with Crippen LogP contribution in [0.4, 0.5) is 0 Å². The first-order valence-corrected chi connectivity index (χ1v) is 10.6. The molecule has 0 N–H and O–H groups in total. The van der Waals surface area contributed by atoms with E-state index in [0.717, 1.165) is 12.2 Å². The maximum absolute atomic E-state index is 12.8. The molecule has 0 spiro atoms. The smallest absolute Gasteiger partial charge is 0.260 e. The summed E-state index contributed by atoms with van der Waals surface area (Å²) < 4.78 is 5.80. The molecule has 1 aromatic carbocycles. The van der Waals surface area contributed by atoms with Crippen molar-refractivity contribution < 1.29 is 9.53 Å². The maximum Gasteiger partial charge on any atom is 0.260 e. The molecule has 1 aromatic rings. The Hall–Kier alpha value is -1.55. The molecule has 1 aliphatic carbocycles. The fourth-order valence-electron chi connectivity index (χ4n) is 4.53. The summed E-state index contributed by atoms with van der Waals surface area (Å²) >= 11 is 0. The lowest BCUT2D eigenvalue weighted by Crippen LogP contribution is -2.53. The Kier molecular flexibility index (Phi) is 6.46. The third kappa shape index (κ3) is 5.04. The van der Waals surface area contributed by atoms with Crippen LogP contribution >= 0.6 is 0 Å². The van der Waals surface area contributed by atoms with Crippen LogP contribution in [0.25, 0.3) is 0 Å². The highest BCUT2D eigenvalue weighted by Crippen LogP contribution is 2.29. The summed E-state index contributed by atoms with van der Waals surface area (Å²) in [5.74, 6) is 0.857. The Morgan fingerprint density at radius 3 is 2.33 bits per heavy atom.